The summed E-state index contributed by atoms with van der Waals surface area (Å²) in [4.78, 5) is 0.0380. The zero-order chi connectivity index (χ0) is 14.6. The molecule has 112 valence electrons. The van der Waals surface area contributed by atoms with Crippen molar-refractivity contribution in [3.05, 3.63) is 29.6 Å². The van der Waals surface area contributed by atoms with Gasteiger partial charge in [-0.05, 0) is 37.0 Å². The largest absolute Gasteiger partial charge is 0.381 e. The van der Waals surface area contributed by atoms with Crippen LogP contribution in [0.3, 0.4) is 0 Å². The first-order chi connectivity index (χ1) is 9.53. The van der Waals surface area contributed by atoms with Crippen molar-refractivity contribution in [2.45, 2.75) is 24.3 Å². The molecule has 0 radical (unpaired) electrons. The van der Waals surface area contributed by atoms with Crippen molar-refractivity contribution in [2.75, 3.05) is 19.8 Å². The van der Waals surface area contributed by atoms with E-state index in [0.29, 0.717) is 13.2 Å². The van der Waals surface area contributed by atoms with Crippen LogP contribution in [0.2, 0.25) is 0 Å². The van der Waals surface area contributed by atoms with E-state index in [2.05, 4.69) is 4.72 Å². The van der Waals surface area contributed by atoms with E-state index in [9.17, 15) is 12.8 Å². The normalized spacial score (nSPS) is 20.0. The van der Waals surface area contributed by atoms with E-state index in [-0.39, 0.29) is 22.9 Å². The molecule has 2 rings (SSSR count). The SMILES string of the molecule is NCc1cc(S(=O)(=O)NCC2CCCOC2)ccc1F. The van der Waals surface area contributed by atoms with Crippen LogP contribution in [-0.2, 0) is 21.3 Å². The molecule has 1 heterocycles. The third-order valence-electron chi connectivity index (χ3n) is 3.36. The molecule has 1 aliphatic rings. The van der Waals surface area contributed by atoms with Crippen molar-refractivity contribution in [1.29, 1.82) is 0 Å². The molecule has 1 fully saturated rings. The summed E-state index contributed by atoms with van der Waals surface area (Å²) in [6.45, 7) is 1.60. The molecule has 0 saturated carbocycles. The van der Waals surface area contributed by atoms with Gasteiger partial charge in [0.05, 0.1) is 11.5 Å². The lowest BCUT2D eigenvalue weighted by atomic mass is 10.0. The molecule has 1 aromatic rings. The van der Waals surface area contributed by atoms with Crippen LogP contribution in [0.15, 0.2) is 23.1 Å². The second kappa shape index (κ2) is 6.62. The highest BCUT2D eigenvalue weighted by Crippen LogP contribution is 2.16. The quantitative estimate of drug-likeness (QED) is 0.850. The van der Waals surface area contributed by atoms with Gasteiger partial charge in [-0.25, -0.2) is 17.5 Å². The predicted molar refractivity (Wildman–Crippen MR) is 73.0 cm³/mol. The van der Waals surface area contributed by atoms with E-state index in [1.165, 1.54) is 12.1 Å². The summed E-state index contributed by atoms with van der Waals surface area (Å²) in [5.41, 5.74) is 5.57. The summed E-state index contributed by atoms with van der Waals surface area (Å²) in [5, 5.41) is 0. The van der Waals surface area contributed by atoms with Gasteiger partial charge in [-0.3, -0.25) is 0 Å². The molecule has 0 aliphatic carbocycles. The molecule has 20 heavy (non-hydrogen) atoms. The summed E-state index contributed by atoms with van der Waals surface area (Å²) in [5.74, 6) is -0.305. The van der Waals surface area contributed by atoms with Gasteiger partial charge in [-0.15, -0.1) is 0 Å². The summed E-state index contributed by atoms with van der Waals surface area (Å²) in [6.07, 6.45) is 1.89. The maximum atomic E-state index is 13.3. The lowest BCUT2D eigenvalue weighted by Crippen LogP contribution is -2.33. The van der Waals surface area contributed by atoms with E-state index in [0.717, 1.165) is 25.5 Å². The number of hydrogen-bond donors (Lipinski definition) is 2. The van der Waals surface area contributed by atoms with Crippen LogP contribution >= 0.6 is 0 Å². The number of nitrogens with two attached hydrogens (primary N) is 1. The molecule has 5 nitrogen and oxygen atoms in total. The Morgan fingerprint density at radius 3 is 2.90 bits per heavy atom. The van der Waals surface area contributed by atoms with Crippen LogP contribution < -0.4 is 10.5 Å². The molecule has 1 aromatic carbocycles. The number of sulfonamides is 1. The Morgan fingerprint density at radius 2 is 2.25 bits per heavy atom. The van der Waals surface area contributed by atoms with E-state index < -0.39 is 15.8 Å². The first-order valence-electron chi connectivity index (χ1n) is 6.59. The first kappa shape index (κ1) is 15.4. The minimum Gasteiger partial charge on any atom is -0.381 e. The third kappa shape index (κ3) is 3.76. The van der Waals surface area contributed by atoms with Crippen molar-refractivity contribution >= 4 is 10.0 Å². The van der Waals surface area contributed by atoms with Crippen molar-refractivity contribution in [2.24, 2.45) is 11.7 Å². The van der Waals surface area contributed by atoms with Crippen LogP contribution in [0, 0.1) is 11.7 Å². The highest BCUT2D eigenvalue weighted by atomic mass is 32.2. The Balaban J connectivity index is 2.05. The summed E-state index contributed by atoms with van der Waals surface area (Å²) in [7, 11) is -3.64. The molecular weight excluding hydrogens is 283 g/mol. The zero-order valence-corrected chi connectivity index (χ0v) is 12.0. The second-order valence-corrected chi connectivity index (χ2v) is 6.66. The van der Waals surface area contributed by atoms with Gasteiger partial charge in [0.25, 0.3) is 0 Å². The highest BCUT2D eigenvalue weighted by molar-refractivity contribution is 7.89. The van der Waals surface area contributed by atoms with Gasteiger partial charge in [-0.2, -0.15) is 0 Å². The number of nitrogens with one attached hydrogen (secondary N) is 1. The lowest BCUT2D eigenvalue weighted by Gasteiger charge is -2.22. The first-order valence-corrected chi connectivity index (χ1v) is 8.07. The van der Waals surface area contributed by atoms with E-state index in [4.69, 9.17) is 10.5 Å². The van der Waals surface area contributed by atoms with E-state index in [1.807, 2.05) is 0 Å². The van der Waals surface area contributed by atoms with Gasteiger partial charge in [0.2, 0.25) is 10.0 Å². The maximum Gasteiger partial charge on any atom is 0.240 e. The van der Waals surface area contributed by atoms with Crippen molar-refractivity contribution in [3.63, 3.8) is 0 Å². The van der Waals surface area contributed by atoms with Gasteiger partial charge in [0.1, 0.15) is 5.82 Å². The van der Waals surface area contributed by atoms with Gasteiger partial charge in [-0.1, -0.05) is 0 Å². The van der Waals surface area contributed by atoms with Crippen LogP contribution in [0.4, 0.5) is 4.39 Å². The Labute approximate surface area is 118 Å². The lowest BCUT2D eigenvalue weighted by molar-refractivity contribution is 0.0568. The Morgan fingerprint density at radius 1 is 1.45 bits per heavy atom. The average molecular weight is 302 g/mol. The summed E-state index contributed by atoms with van der Waals surface area (Å²) in [6, 6.07) is 3.64. The van der Waals surface area contributed by atoms with Crippen molar-refractivity contribution < 1.29 is 17.5 Å². The fourth-order valence-electron chi connectivity index (χ4n) is 2.15. The zero-order valence-electron chi connectivity index (χ0n) is 11.1. The number of ether oxygens (including phenoxy) is 1. The fraction of sp³-hybridized carbons (Fsp3) is 0.538. The topological polar surface area (TPSA) is 81.4 Å². The second-order valence-electron chi connectivity index (χ2n) is 4.89. The Bertz CT molecular complexity index is 557. The highest BCUT2D eigenvalue weighted by Gasteiger charge is 2.20. The van der Waals surface area contributed by atoms with Gasteiger partial charge in [0.15, 0.2) is 0 Å². The fourth-order valence-corrected chi connectivity index (χ4v) is 3.32. The van der Waals surface area contributed by atoms with Gasteiger partial charge >= 0.3 is 0 Å². The van der Waals surface area contributed by atoms with Crippen LogP contribution in [0.1, 0.15) is 18.4 Å². The average Bonchev–Trinajstić information content (AvgIpc) is 2.46. The number of benzene rings is 1. The van der Waals surface area contributed by atoms with Gasteiger partial charge < -0.3 is 10.5 Å². The number of halogens is 1. The van der Waals surface area contributed by atoms with Crippen molar-refractivity contribution in [3.8, 4) is 0 Å². The molecular formula is C13H19FN2O3S. The third-order valence-corrected chi connectivity index (χ3v) is 4.79. The molecule has 1 atom stereocenters. The van der Waals surface area contributed by atoms with Crippen molar-refractivity contribution in [1.82, 2.24) is 4.72 Å². The molecule has 3 N–H and O–H groups in total. The minimum absolute atomic E-state index is 0.0361. The van der Waals surface area contributed by atoms with Crippen LogP contribution in [0.5, 0.6) is 0 Å². The molecule has 0 amide bonds. The predicted octanol–water partition coefficient (Wildman–Crippen LogP) is 0.989. The number of hydrogen-bond acceptors (Lipinski definition) is 4. The molecule has 7 heteroatoms. The summed E-state index contributed by atoms with van der Waals surface area (Å²) < 4.78 is 45.5. The molecule has 0 spiro atoms. The van der Waals surface area contributed by atoms with E-state index in [1.54, 1.807) is 0 Å². The Kier molecular flexibility index (Phi) is 5.09. The summed E-state index contributed by atoms with van der Waals surface area (Å²) >= 11 is 0. The van der Waals surface area contributed by atoms with E-state index >= 15 is 0 Å². The standard InChI is InChI=1S/C13H19FN2O3S/c14-13-4-3-12(6-11(13)7-15)20(17,18)16-8-10-2-1-5-19-9-10/h3-4,6,10,16H,1-2,5,7-9,15H2. The molecule has 0 bridgehead atoms. The molecule has 1 unspecified atom stereocenters. The smallest absolute Gasteiger partial charge is 0.240 e. The monoisotopic (exact) mass is 302 g/mol. The van der Waals surface area contributed by atoms with Crippen LogP contribution in [0.25, 0.3) is 0 Å². The molecule has 1 aliphatic heterocycles. The Hall–Kier alpha value is -1.02. The molecule has 1 saturated heterocycles. The maximum absolute atomic E-state index is 13.3. The minimum atomic E-state index is -3.64. The van der Waals surface area contributed by atoms with Crippen LogP contribution in [-0.4, -0.2) is 28.2 Å². The molecule has 0 aromatic heterocycles. The number of rotatable bonds is 5. The van der Waals surface area contributed by atoms with Gasteiger partial charge in [0, 0.05) is 25.3 Å².